The van der Waals surface area contributed by atoms with Gasteiger partial charge in [0, 0.05) is 22.9 Å². The number of carbonyl (C=O) groups excluding carboxylic acids is 1. The number of nitrogens with zero attached hydrogens (tertiary/aromatic N) is 1. The van der Waals surface area contributed by atoms with Crippen LogP contribution in [0.5, 0.6) is 5.75 Å². The van der Waals surface area contributed by atoms with Gasteiger partial charge in [-0.15, -0.1) is 11.6 Å². The van der Waals surface area contributed by atoms with E-state index >= 15 is 0 Å². The standard InChI is InChI=1S/C15H14Cl2N2O4S/c1-23-14-6-9(15(20)19-24(2,21)22)3-4-11(14)10-5-12(17)13(7-16)18-8-10/h3-6,8H,7H2,1-2H3,(H,19,20). The maximum Gasteiger partial charge on any atom is 0.264 e. The molecule has 24 heavy (non-hydrogen) atoms. The van der Waals surface area contributed by atoms with Crippen molar-refractivity contribution < 1.29 is 17.9 Å². The largest absolute Gasteiger partial charge is 0.496 e. The number of pyridine rings is 1. The third kappa shape index (κ3) is 4.37. The van der Waals surface area contributed by atoms with E-state index in [0.29, 0.717) is 27.6 Å². The summed E-state index contributed by atoms with van der Waals surface area (Å²) in [4.78, 5) is 16.1. The lowest BCUT2D eigenvalue weighted by atomic mass is 10.0. The number of halogens is 2. The average Bonchev–Trinajstić information content (AvgIpc) is 2.52. The number of nitrogens with one attached hydrogen (secondary N) is 1. The van der Waals surface area contributed by atoms with Crippen molar-refractivity contribution >= 4 is 39.1 Å². The molecule has 0 saturated carbocycles. The zero-order chi connectivity index (χ0) is 17.9. The number of methoxy groups -OCH3 is 1. The number of hydrogen-bond acceptors (Lipinski definition) is 5. The van der Waals surface area contributed by atoms with E-state index in [-0.39, 0.29) is 11.4 Å². The molecule has 0 spiro atoms. The van der Waals surface area contributed by atoms with Gasteiger partial charge in [-0.05, 0) is 24.3 Å². The van der Waals surface area contributed by atoms with E-state index < -0.39 is 15.9 Å². The molecule has 2 rings (SSSR count). The van der Waals surface area contributed by atoms with Crippen LogP contribution in [-0.2, 0) is 15.9 Å². The fraction of sp³-hybridized carbons (Fsp3) is 0.200. The van der Waals surface area contributed by atoms with Crippen molar-refractivity contribution in [3.8, 4) is 16.9 Å². The summed E-state index contributed by atoms with van der Waals surface area (Å²) in [7, 11) is -2.20. The third-order valence-electron chi connectivity index (χ3n) is 3.10. The zero-order valence-electron chi connectivity index (χ0n) is 12.8. The Morgan fingerprint density at radius 1 is 1.33 bits per heavy atom. The van der Waals surface area contributed by atoms with Crippen LogP contribution in [0.3, 0.4) is 0 Å². The Labute approximate surface area is 149 Å². The Balaban J connectivity index is 2.43. The topological polar surface area (TPSA) is 85.4 Å². The lowest BCUT2D eigenvalue weighted by Crippen LogP contribution is -2.29. The second kappa shape index (κ2) is 7.38. The van der Waals surface area contributed by atoms with Crippen LogP contribution in [0, 0.1) is 0 Å². The Hall–Kier alpha value is -1.83. The van der Waals surface area contributed by atoms with Gasteiger partial charge in [0.15, 0.2) is 0 Å². The molecule has 6 nitrogen and oxygen atoms in total. The van der Waals surface area contributed by atoms with Gasteiger partial charge in [0.25, 0.3) is 5.91 Å². The van der Waals surface area contributed by atoms with E-state index in [1.54, 1.807) is 18.3 Å². The van der Waals surface area contributed by atoms with Crippen LogP contribution in [0.2, 0.25) is 5.02 Å². The summed E-state index contributed by atoms with van der Waals surface area (Å²) in [6.07, 6.45) is 2.50. The van der Waals surface area contributed by atoms with Crippen LogP contribution in [0.15, 0.2) is 30.5 Å². The molecule has 0 radical (unpaired) electrons. The van der Waals surface area contributed by atoms with Gasteiger partial charge >= 0.3 is 0 Å². The molecule has 0 aliphatic heterocycles. The highest BCUT2D eigenvalue weighted by Gasteiger charge is 2.15. The van der Waals surface area contributed by atoms with Gasteiger partial charge in [0.2, 0.25) is 10.0 Å². The summed E-state index contributed by atoms with van der Waals surface area (Å²) in [6.45, 7) is 0. The number of rotatable bonds is 5. The van der Waals surface area contributed by atoms with Crippen molar-refractivity contribution in [2.45, 2.75) is 5.88 Å². The van der Waals surface area contributed by atoms with Gasteiger partial charge < -0.3 is 4.74 Å². The van der Waals surface area contributed by atoms with Crippen molar-refractivity contribution in [1.29, 1.82) is 0 Å². The maximum atomic E-state index is 11.9. The molecule has 1 amide bonds. The summed E-state index contributed by atoms with van der Waals surface area (Å²) in [5.74, 6) is -0.162. The number of benzene rings is 1. The molecule has 1 N–H and O–H groups in total. The minimum absolute atomic E-state index is 0.150. The predicted molar refractivity (Wildman–Crippen MR) is 93.1 cm³/mol. The van der Waals surface area contributed by atoms with E-state index in [4.69, 9.17) is 27.9 Å². The second-order valence-electron chi connectivity index (χ2n) is 4.90. The summed E-state index contributed by atoms with van der Waals surface area (Å²) < 4.78 is 29.5. The SMILES string of the molecule is COc1cc(C(=O)NS(C)(=O)=O)ccc1-c1cnc(CCl)c(Cl)c1. The Morgan fingerprint density at radius 3 is 2.58 bits per heavy atom. The highest BCUT2D eigenvalue weighted by Crippen LogP contribution is 2.32. The van der Waals surface area contributed by atoms with Crippen molar-refractivity contribution in [2.75, 3.05) is 13.4 Å². The number of hydrogen-bond donors (Lipinski definition) is 1. The molecule has 2 aromatic rings. The summed E-state index contributed by atoms with van der Waals surface area (Å²) in [5.41, 5.74) is 2.05. The lowest BCUT2D eigenvalue weighted by Gasteiger charge is -2.11. The predicted octanol–water partition coefficient (Wildman–Crippen LogP) is 2.84. The van der Waals surface area contributed by atoms with Gasteiger partial charge in [-0.1, -0.05) is 11.6 Å². The van der Waals surface area contributed by atoms with Gasteiger partial charge in [-0.3, -0.25) is 9.78 Å². The number of sulfonamides is 1. The van der Waals surface area contributed by atoms with Gasteiger partial charge in [0.1, 0.15) is 5.75 Å². The molecule has 0 aliphatic carbocycles. The molecule has 0 aliphatic rings. The molecule has 0 atom stereocenters. The Morgan fingerprint density at radius 2 is 2.04 bits per heavy atom. The Kier molecular flexibility index (Phi) is 5.69. The smallest absolute Gasteiger partial charge is 0.264 e. The van der Waals surface area contributed by atoms with Crippen LogP contribution in [0.25, 0.3) is 11.1 Å². The minimum Gasteiger partial charge on any atom is -0.496 e. The van der Waals surface area contributed by atoms with Crippen molar-refractivity contribution in [1.82, 2.24) is 9.71 Å². The van der Waals surface area contributed by atoms with E-state index in [2.05, 4.69) is 4.98 Å². The summed E-state index contributed by atoms with van der Waals surface area (Å²) in [6, 6.07) is 6.26. The number of alkyl halides is 1. The first kappa shape index (κ1) is 18.5. The second-order valence-corrected chi connectivity index (χ2v) is 7.33. The van der Waals surface area contributed by atoms with Crippen LogP contribution in [0.4, 0.5) is 0 Å². The van der Waals surface area contributed by atoms with Crippen molar-refractivity contribution in [3.05, 3.63) is 46.7 Å². The normalized spacial score (nSPS) is 11.2. The molecule has 1 heterocycles. The highest BCUT2D eigenvalue weighted by atomic mass is 35.5. The molecule has 0 unspecified atom stereocenters. The average molecular weight is 389 g/mol. The quantitative estimate of drug-likeness (QED) is 0.795. The first-order valence-corrected chi connectivity index (χ1v) is 9.46. The lowest BCUT2D eigenvalue weighted by molar-refractivity contribution is 0.0981. The maximum absolute atomic E-state index is 11.9. The van der Waals surface area contributed by atoms with E-state index in [9.17, 15) is 13.2 Å². The molecular formula is C15H14Cl2N2O4S. The number of aromatic nitrogens is 1. The first-order valence-electron chi connectivity index (χ1n) is 6.66. The monoisotopic (exact) mass is 388 g/mol. The molecule has 1 aromatic carbocycles. The van der Waals surface area contributed by atoms with Gasteiger partial charge in [-0.2, -0.15) is 0 Å². The molecule has 9 heteroatoms. The number of carbonyl (C=O) groups is 1. The summed E-state index contributed by atoms with van der Waals surface area (Å²) in [5, 5.41) is 0.420. The summed E-state index contributed by atoms with van der Waals surface area (Å²) >= 11 is 11.8. The molecule has 0 saturated heterocycles. The van der Waals surface area contributed by atoms with Crippen LogP contribution >= 0.6 is 23.2 Å². The minimum atomic E-state index is -3.65. The highest BCUT2D eigenvalue weighted by molar-refractivity contribution is 7.89. The van der Waals surface area contributed by atoms with Crippen LogP contribution < -0.4 is 9.46 Å². The molecule has 0 bridgehead atoms. The number of ether oxygens (including phenoxy) is 1. The zero-order valence-corrected chi connectivity index (χ0v) is 15.2. The van der Waals surface area contributed by atoms with Crippen molar-refractivity contribution in [2.24, 2.45) is 0 Å². The van der Waals surface area contributed by atoms with Crippen LogP contribution in [0.1, 0.15) is 16.1 Å². The number of amides is 1. The fourth-order valence-electron chi connectivity index (χ4n) is 2.01. The molecular weight excluding hydrogens is 375 g/mol. The van der Waals surface area contributed by atoms with E-state index in [1.807, 2.05) is 4.72 Å². The van der Waals surface area contributed by atoms with Crippen LogP contribution in [-0.4, -0.2) is 32.7 Å². The first-order chi connectivity index (χ1) is 11.2. The molecule has 128 valence electrons. The van der Waals surface area contributed by atoms with E-state index in [1.165, 1.54) is 19.2 Å². The fourth-order valence-corrected chi connectivity index (χ4v) is 2.98. The van der Waals surface area contributed by atoms with Gasteiger partial charge in [0.05, 0.1) is 30.0 Å². The third-order valence-corrected chi connectivity index (χ3v) is 4.23. The Bertz CT molecular complexity index is 885. The van der Waals surface area contributed by atoms with Gasteiger partial charge in [-0.25, -0.2) is 13.1 Å². The molecule has 1 aromatic heterocycles. The van der Waals surface area contributed by atoms with Crippen molar-refractivity contribution in [3.63, 3.8) is 0 Å². The molecule has 0 fully saturated rings. The van der Waals surface area contributed by atoms with E-state index in [0.717, 1.165) is 6.26 Å².